The first-order chi connectivity index (χ1) is 10.1. The lowest BCUT2D eigenvalue weighted by atomic mass is 10.0. The standard InChI is InChI=1S/C17H28N2OS/c1-13(2)21-17-5-4-14(3)12-15(17)16(20)6-9-19-10-7-18-8-11-19/h4-5,12-13,16,18,20H,6-11H2,1-3H3. The van der Waals surface area contributed by atoms with Gasteiger partial charge in [-0.25, -0.2) is 0 Å². The average Bonchev–Trinajstić information content (AvgIpc) is 2.47. The normalized spacial score (nSPS) is 18.1. The van der Waals surface area contributed by atoms with Crippen molar-refractivity contribution in [2.45, 2.75) is 43.4 Å². The maximum Gasteiger partial charge on any atom is 0.0813 e. The molecule has 0 aliphatic carbocycles. The maximum absolute atomic E-state index is 10.6. The Morgan fingerprint density at radius 3 is 2.67 bits per heavy atom. The van der Waals surface area contributed by atoms with Crippen LogP contribution in [0.25, 0.3) is 0 Å². The van der Waals surface area contributed by atoms with Gasteiger partial charge in [0.05, 0.1) is 6.10 Å². The summed E-state index contributed by atoms with van der Waals surface area (Å²) in [5.74, 6) is 0. The Morgan fingerprint density at radius 1 is 1.29 bits per heavy atom. The molecule has 1 unspecified atom stereocenters. The highest BCUT2D eigenvalue weighted by Gasteiger charge is 2.16. The van der Waals surface area contributed by atoms with Crippen LogP contribution in [-0.2, 0) is 0 Å². The highest BCUT2D eigenvalue weighted by atomic mass is 32.2. The van der Waals surface area contributed by atoms with Crippen molar-refractivity contribution in [1.29, 1.82) is 0 Å². The van der Waals surface area contributed by atoms with Crippen LogP contribution in [0.1, 0.15) is 37.5 Å². The molecule has 3 nitrogen and oxygen atoms in total. The molecule has 2 rings (SSSR count). The van der Waals surface area contributed by atoms with Gasteiger partial charge in [0.15, 0.2) is 0 Å². The molecule has 0 radical (unpaired) electrons. The number of aryl methyl sites for hydroxylation is 1. The molecular formula is C17H28N2OS. The van der Waals surface area contributed by atoms with E-state index in [0.29, 0.717) is 5.25 Å². The molecule has 118 valence electrons. The van der Waals surface area contributed by atoms with E-state index in [-0.39, 0.29) is 6.10 Å². The van der Waals surface area contributed by atoms with Gasteiger partial charge in [-0.2, -0.15) is 0 Å². The molecule has 1 saturated heterocycles. The van der Waals surface area contributed by atoms with E-state index in [9.17, 15) is 5.11 Å². The van der Waals surface area contributed by atoms with Gasteiger partial charge >= 0.3 is 0 Å². The molecule has 1 aliphatic heterocycles. The topological polar surface area (TPSA) is 35.5 Å². The van der Waals surface area contributed by atoms with Crippen LogP contribution < -0.4 is 5.32 Å². The number of benzene rings is 1. The number of nitrogens with zero attached hydrogens (tertiary/aromatic N) is 1. The van der Waals surface area contributed by atoms with Crippen molar-refractivity contribution in [1.82, 2.24) is 10.2 Å². The van der Waals surface area contributed by atoms with Crippen molar-refractivity contribution in [3.05, 3.63) is 29.3 Å². The average molecular weight is 308 g/mol. The second-order valence-corrected chi connectivity index (χ2v) is 7.72. The summed E-state index contributed by atoms with van der Waals surface area (Å²) in [6.45, 7) is 11.8. The maximum atomic E-state index is 10.6. The van der Waals surface area contributed by atoms with Gasteiger partial charge in [-0.05, 0) is 25.0 Å². The van der Waals surface area contributed by atoms with Crippen molar-refractivity contribution in [2.24, 2.45) is 0 Å². The van der Waals surface area contributed by atoms with Gasteiger partial charge in [0.25, 0.3) is 0 Å². The van der Waals surface area contributed by atoms with Gasteiger partial charge in [0.1, 0.15) is 0 Å². The molecule has 2 N–H and O–H groups in total. The van der Waals surface area contributed by atoms with E-state index in [2.05, 4.69) is 49.2 Å². The zero-order chi connectivity index (χ0) is 15.2. The van der Waals surface area contributed by atoms with E-state index in [1.165, 1.54) is 10.5 Å². The summed E-state index contributed by atoms with van der Waals surface area (Å²) in [6.07, 6.45) is 0.454. The van der Waals surface area contributed by atoms with Gasteiger partial charge in [0, 0.05) is 42.9 Å². The largest absolute Gasteiger partial charge is 0.388 e. The van der Waals surface area contributed by atoms with Crippen molar-refractivity contribution in [2.75, 3.05) is 32.7 Å². The van der Waals surface area contributed by atoms with Crippen LogP contribution in [0.2, 0.25) is 0 Å². The third-order valence-corrected chi connectivity index (χ3v) is 4.91. The van der Waals surface area contributed by atoms with Gasteiger partial charge in [-0.15, -0.1) is 11.8 Å². The molecule has 1 fully saturated rings. The van der Waals surface area contributed by atoms with Crippen LogP contribution in [0.3, 0.4) is 0 Å². The molecule has 0 aromatic heterocycles. The third-order valence-electron chi connectivity index (χ3n) is 3.82. The smallest absolute Gasteiger partial charge is 0.0813 e. The minimum absolute atomic E-state index is 0.360. The summed E-state index contributed by atoms with van der Waals surface area (Å²) in [5, 5.41) is 14.5. The van der Waals surface area contributed by atoms with Gasteiger partial charge in [0.2, 0.25) is 0 Å². The SMILES string of the molecule is Cc1ccc(SC(C)C)c(C(O)CCN2CCNCC2)c1. The molecule has 0 amide bonds. The van der Waals surface area contributed by atoms with E-state index in [1.807, 2.05) is 11.8 Å². The van der Waals surface area contributed by atoms with Crippen LogP contribution in [0, 0.1) is 6.92 Å². The number of piperazine rings is 1. The number of nitrogens with one attached hydrogen (secondary N) is 1. The number of aliphatic hydroxyl groups excluding tert-OH is 1. The minimum atomic E-state index is -0.360. The van der Waals surface area contributed by atoms with Crippen molar-refractivity contribution < 1.29 is 5.11 Å². The molecule has 1 aromatic carbocycles. The number of thioether (sulfide) groups is 1. The Kier molecular flexibility index (Phi) is 6.55. The molecule has 0 spiro atoms. The summed E-state index contributed by atoms with van der Waals surface area (Å²) in [4.78, 5) is 3.66. The molecule has 1 atom stereocenters. The first-order valence-corrected chi connectivity index (χ1v) is 8.82. The summed E-state index contributed by atoms with van der Waals surface area (Å²) in [7, 11) is 0. The minimum Gasteiger partial charge on any atom is -0.388 e. The van der Waals surface area contributed by atoms with Crippen molar-refractivity contribution >= 4 is 11.8 Å². The third kappa shape index (κ3) is 5.29. The zero-order valence-corrected chi connectivity index (χ0v) is 14.2. The van der Waals surface area contributed by atoms with Crippen LogP contribution in [0.4, 0.5) is 0 Å². The number of rotatable bonds is 6. The zero-order valence-electron chi connectivity index (χ0n) is 13.4. The van der Waals surface area contributed by atoms with E-state index in [0.717, 1.165) is 44.7 Å². The molecule has 1 aliphatic rings. The Bertz CT molecular complexity index is 444. The van der Waals surface area contributed by atoms with Crippen LogP contribution in [0.5, 0.6) is 0 Å². The second kappa shape index (κ2) is 8.18. The first-order valence-electron chi connectivity index (χ1n) is 7.94. The van der Waals surface area contributed by atoms with Crippen molar-refractivity contribution in [3.8, 4) is 0 Å². The fraction of sp³-hybridized carbons (Fsp3) is 0.647. The van der Waals surface area contributed by atoms with Crippen molar-refractivity contribution in [3.63, 3.8) is 0 Å². The lowest BCUT2D eigenvalue weighted by Crippen LogP contribution is -2.44. The van der Waals surface area contributed by atoms with Gasteiger partial charge in [-0.1, -0.05) is 31.5 Å². The fourth-order valence-corrected chi connectivity index (χ4v) is 3.67. The Balaban J connectivity index is 1.99. The molecule has 1 heterocycles. The van der Waals surface area contributed by atoms with Gasteiger partial charge < -0.3 is 15.3 Å². The Morgan fingerprint density at radius 2 is 2.00 bits per heavy atom. The Hall–Kier alpha value is -0.550. The quantitative estimate of drug-likeness (QED) is 0.792. The lowest BCUT2D eigenvalue weighted by molar-refractivity contribution is 0.134. The second-order valence-electron chi connectivity index (χ2n) is 6.10. The summed E-state index contributed by atoms with van der Waals surface area (Å²) >= 11 is 1.84. The molecule has 21 heavy (non-hydrogen) atoms. The number of aliphatic hydroxyl groups is 1. The van der Waals surface area contributed by atoms with E-state index in [1.54, 1.807) is 0 Å². The van der Waals surface area contributed by atoms with E-state index in [4.69, 9.17) is 0 Å². The van der Waals surface area contributed by atoms with Crippen LogP contribution in [0.15, 0.2) is 23.1 Å². The van der Waals surface area contributed by atoms with Gasteiger partial charge in [-0.3, -0.25) is 0 Å². The number of hydrogen-bond acceptors (Lipinski definition) is 4. The predicted molar refractivity (Wildman–Crippen MR) is 91.1 cm³/mol. The molecular weight excluding hydrogens is 280 g/mol. The summed E-state index contributed by atoms with van der Waals surface area (Å²) in [5.41, 5.74) is 2.32. The predicted octanol–water partition coefficient (Wildman–Crippen LogP) is 2.82. The van der Waals surface area contributed by atoms with Crippen LogP contribution in [-0.4, -0.2) is 48.0 Å². The monoisotopic (exact) mass is 308 g/mol. The molecule has 4 heteroatoms. The highest BCUT2D eigenvalue weighted by Crippen LogP contribution is 2.32. The Labute approximate surface area is 133 Å². The summed E-state index contributed by atoms with van der Waals surface area (Å²) in [6, 6.07) is 6.44. The summed E-state index contributed by atoms with van der Waals surface area (Å²) < 4.78 is 0. The van der Waals surface area contributed by atoms with Crippen LogP contribution >= 0.6 is 11.8 Å². The van der Waals surface area contributed by atoms with E-state index < -0.39 is 0 Å². The lowest BCUT2D eigenvalue weighted by Gasteiger charge is -2.28. The first kappa shape index (κ1) is 16.8. The number of hydrogen-bond donors (Lipinski definition) is 2. The highest BCUT2D eigenvalue weighted by molar-refractivity contribution is 8.00. The fourth-order valence-electron chi connectivity index (χ4n) is 2.68. The molecule has 1 aromatic rings. The molecule has 0 bridgehead atoms. The molecule has 0 saturated carbocycles. The van der Waals surface area contributed by atoms with E-state index >= 15 is 0 Å².